The molecule has 0 amide bonds. The number of nitrogens with zero attached hydrogens (tertiary/aromatic N) is 1. The number of hydrogen-bond donors (Lipinski definition) is 1. The topological polar surface area (TPSA) is 63.4 Å². The molecule has 1 atom stereocenters. The van der Waals surface area contributed by atoms with Crippen LogP contribution in [-0.4, -0.2) is 37.6 Å². The standard InChI is InChI=1S/C15H24N2O2S/c16-11-4-8-15-9-5-12-17(15)20(18,19)13-10-14-6-2-1-3-7-14/h1-3,6-7,15H,4-5,8-13,16H2. The summed E-state index contributed by atoms with van der Waals surface area (Å²) in [7, 11) is -3.15. The Hall–Kier alpha value is -0.910. The highest BCUT2D eigenvalue weighted by Gasteiger charge is 2.33. The third-order valence-electron chi connectivity index (χ3n) is 3.91. The second-order valence-electron chi connectivity index (χ2n) is 5.39. The van der Waals surface area contributed by atoms with Crippen molar-refractivity contribution in [2.75, 3.05) is 18.8 Å². The van der Waals surface area contributed by atoms with Crippen LogP contribution in [0.5, 0.6) is 0 Å². The summed E-state index contributed by atoms with van der Waals surface area (Å²) in [6.45, 7) is 1.31. The fourth-order valence-electron chi connectivity index (χ4n) is 2.83. The summed E-state index contributed by atoms with van der Waals surface area (Å²) >= 11 is 0. The Balaban J connectivity index is 1.95. The van der Waals surface area contributed by atoms with Crippen molar-refractivity contribution in [3.8, 4) is 0 Å². The van der Waals surface area contributed by atoms with Crippen molar-refractivity contribution in [2.24, 2.45) is 5.73 Å². The van der Waals surface area contributed by atoms with Crippen molar-refractivity contribution in [1.29, 1.82) is 0 Å². The van der Waals surface area contributed by atoms with Gasteiger partial charge in [-0.1, -0.05) is 30.3 Å². The first-order chi connectivity index (χ1) is 9.63. The average molecular weight is 296 g/mol. The number of nitrogens with two attached hydrogens (primary N) is 1. The molecule has 1 saturated heterocycles. The normalized spacial score (nSPS) is 20.4. The predicted molar refractivity (Wildman–Crippen MR) is 81.9 cm³/mol. The Bertz CT molecular complexity index is 502. The van der Waals surface area contributed by atoms with E-state index < -0.39 is 10.0 Å². The zero-order chi connectivity index (χ0) is 14.4. The predicted octanol–water partition coefficient (Wildman–Crippen LogP) is 1.76. The van der Waals surface area contributed by atoms with Crippen molar-refractivity contribution in [3.63, 3.8) is 0 Å². The highest BCUT2D eigenvalue weighted by Crippen LogP contribution is 2.25. The van der Waals surface area contributed by atoms with Gasteiger partial charge in [-0.15, -0.1) is 0 Å². The van der Waals surface area contributed by atoms with Crippen LogP contribution in [0.2, 0.25) is 0 Å². The van der Waals surface area contributed by atoms with E-state index in [1.165, 1.54) is 0 Å². The van der Waals surface area contributed by atoms with E-state index in [-0.39, 0.29) is 11.8 Å². The smallest absolute Gasteiger partial charge is 0.214 e. The fourth-order valence-corrected chi connectivity index (χ4v) is 4.63. The van der Waals surface area contributed by atoms with Gasteiger partial charge < -0.3 is 5.73 Å². The maximum Gasteiger partial charge on any atom is 0.214 e. The van der Waals surface area contributed by atoms with E-state index in [9.17, 15) is 8.42 Å². The molecule has 0 saturated carbocycles. The summed E-state index contributed by atoms with van der Waals surface area (Å²) in [4.78, 5) is 0. The SMILES string of the molecule is NCCCC1CCCN1S(=O)(=O)CCc1ccccc1. The van der Waals surface area contributed by atoms with Crippen molar-refractivity contribution < 1.29 is 8.42 Å². The molecule has 1 heterocycles. The maximum atomic E-state index is 12.5. The Kier molecular flexibility index (Phi) is 5.57. The number of aryl methyl sites for hydroxylation is 1. The van der Waals surface area contributed by atoms with Crippen molar-refractivity contribution >= 4 is 10.0 Å². The molecular weight excluding hydrogens is 272 g/mol. The van der Waals surface area contributed by atoms with Gasteiger partial charge in [-0.25, -0.2) is 8.42 Å². The lowest BCUT2D eigenvalue weighted by Crippen LogP contribution is -2.37. The number of sulfonamides is 1. The van der Waals surface area contributed by atoms with Gasteiger partial charge >= 0.3 is 0 Å². The van der Waals surface area contributed by atoms with Gasteiger partial charge in [-0.3, -0.25) is 0 Å². The van der Waals surface area contributed by atoms with Crippen LogP contribution in [0, 0.1) is 0 Å². The quantitative estimate of drug-likeness (QED) is 0.834. The van der Waals surface area contributed by atoms with E-state index in [1.54, 1.807) is 4.31 Å². The molecule has 1 aromatic rings. The van der Waals surface area contributed by atoms with Crippen LogP contribution in [0.25, 0.3) is 0 Å². The molecule has 0 radical (unpaired) electrons. The average Bonchev–Trinajstić information content (AvgIpc) is 2.93. The van der Waals surface area contributed by atoms with Crippen molar-refractivity contribution in [3.05, 3.63) is 35.9 Å². The Morgan fingerprint density at radius 1 is 1.25 bits per heavy atom. The fraction of sp³-hybridized carbons (Fsp3) is 0.600. The zero-order valence-electron chi connectivity index (χ0n) is 11.9. The summed E-state index contributed by atoms with van der Waals surface area (Å²) < 4.78 is 26.7. The first-order valence-corrected chi connectivity index (χ1v) is 8.98. The maximum absolute atomic E-state index is 12.5. The van der Waals surface area contributed by atoms with Crippen LogP contribution in [0.4, 0.5) is 0 Å². The van der Waals surface area contributed by atoms with Gasteiger partial charge in [0.25, 0.3) is 0 Å². The molecule has 5 heteroatoms. The Labute approximate surface area is 122 Å². The first kappa shape index (κ1) is 15.5. The molecule has 1 aliphatic heterocycles. The van der Waals surface area contributed by atoms with E-state index in [1.807, 2.05) is 30.3 Å². The number of rotatable bonds is 7. The summed E-state index contributed by atoms with van der Waals surface area (Å²) in [5.74, 6) is 0.205. The molecule has 0 spiro atoms. The molecule has 1 aromatic carbocycles. The van der Waals surface area contributed by atoms with E-state index >= 15 is 0 Å². The molecule has 1 unspecified atom stereocenters. The molecule has 0 bridgehead atoms. The Morgan fingerprint density at radius 3 is 2.70 bits per heavy atom. The molecule has 1 aliphatic rings. The summed E-state index contributed by atoms with van der Waals surface area (Å²) in [6, 6.07) is 9.96. The van der Waals surface area contributed by atoms with Crippen LogP contribution in [-0.2, 0) is 16.4 Å². The third kappa shape index (κ3) is 4.04. The zero-order valence-corrected chi connectivity index (χ0v) is 12.7. The van der Waals surface area contributed by atoms with Crippen LogP contribution in [0.15, 0.2) is 30.3 Å². The number of hydrogen-bond acceptors (Lipinski definition) is 3. The second kappa shape index (κ2) is 7.20. The minimum atomic E-state index is -3.15. The highest BCUT2D eigenvalue weighted by atomic mass is 32.2. The minimum Gasteiger partial charge on any atom is -0.330 e. The largest absolute Gasteiger partial charge is 0.330 e. The summed E-state index contributed by atoms with van der Waals surface area (Å²) in [5, 5.41) is 0. The molecule has 2 N–H and O–H groups in total. The monoisotopic (exact) mass is 296 g/mol. The first-order valence-electron chi connectivity index (χ1n) is 7.37. The van der Waals surface area contributed by atoms with Gasteiger partial charge in [-0.2, -0.15) is 4.31 Å². The van der Waals surface area contributed by atoms with Gasteiger partial charge in [-0.05, 0) is 44.2 Å². The van der Waals surface area contributed by atoms with Gasteiger partial charge in [0, 0.05) is 12.6 Å². The summed E-state index contributed by atoms with van der Waals surface area (Å²) in [6.07, 6.45) is 4.32. The molecule has 0 aromatic heterocycles. The lowest BCUT2D eigenvalue weighted by molar-refractivity contribution is 0.365. The van der Waals surface area contributed by atoms with Crippen LogP contribution < -0.4 is 5.73 Å². The lowest BCUT2D eigenvalue weighted by Gasteiger charge is -2.24. The molecule has 1 fully saturated rings. The Morgan fingerprint density at radius 2 is 2.00 bits per heavy atom. The molecule has 0 aliphatic carbocycles. The minimum absolute atomic E-state index is 0.166. The summed E-state index contributed by atoms with van der Waals surface area (Å²) in [5.41, 5.74) is 6.61. The molecule has 112 valence electrons. The highest BCUT2D eigenvalue weighted by molar-refractivity contribution is 7.89. The lowest BCUT2D eigenvalue weighted by atomic mass is 10.1. The second-order valence-corrected chi connectivity index (χ2v) is 7.43. The van der Waals surface area contributed by atoms with Gasteiger partial charge in [0.05, 0.1) is 5.75 Å². The number of benzene rings is 1. The van der Waals surface area contributed by atoms with E-state index in [0.29, 0.717) is 19.5 Å². The molecular formula is C15H24N2O2S. The van der Waals surface area contributed by atoms with Gasteiger partial charge in [0.1, 0.15) is 0 Å². The van der Waals surface area contributed by atoms with E-state index in [2.05, 4.69) is 0 Å². The van der Waals surface area contributed by atoms with E-state index in [0.717, 1.165) is 31.2 Å². The third-order valence-corrected chi connectivity index (χ3v) is 5.83. The van der Waals surface area contributed by atoms with Gasteiger partial charge in [0.2, 0.25) is 10.0 Å². The van der Waals surface area contributed by atoms with Crippen LogP contribution >= 0.6 is 0 Å². The van der Waals surface area contributed by atoms with Crippen molar-refractivity contribution in [1.82, 2.24) is 4.31 Å². The van der Waals surface area contributed by atoms with Gasteiger partial charge in [0.15, 0.2) is 0 Å². The molecule has 2 rings (SSSR count). The molecule has 4 nitrogen and oxygen atoms in total. The van der Waals surface area contributed by atoms with E-state index in [4.69, 9.17) is 5.73 Å². The van der Waals surface area contributed by atoms with Crippen LogP contribution in [0.3, 0.4) is 0 Å². The molecule has 20 heavy (non-hydrogen) atoms. The van der Waals surface area contributed by atoms with Crippen LogP contribution in [0.1, 0.15) is 31.2 Å². The van der Waals surface area contributed by atoms with Crippen molar-refractivity contribution in [2.45, 2.75) is 38.1 Å².